The molecule has 1 atom stereocenters. The van der Waals surface area contributed by atoms with Gasteiger partial charge in [0, 0.05) is 16.8 Å². The quantitative estimate of drug-likeness (QED) is 0.486. The third-order valence-electron chi connectivity index (χ3n) is 4.85. The first-order valence-electron chi connectivity index (χ1n) is 9.28. The Morgan fingerprint density at radius 3 is 2.59 bits per heavy atom. The second kappa shape index (κ2) is 7.63. The molecule has 2 aromatic carbocycles. The van der Waals surface area contributed by atoms with Crippen molar-refractivity contribution < 1.29 is 9.90 Å². The first-order valence-corrected chi connectivity index (χ1v) is 9.28. The van der Waals surface area contributed by atoms with Gasteiger partial charge in [0.05, 0.1) is 23.6 Å². The summed E-state index contributed by atoms with van der Waals surface area (Å²) in [5, 5.41) is 23.8. The number of aromatic nitrogens is 4. The number of para-hydroxylation sites is 1. The molecule has 0 bridgehead atoms. The highest BCUT2D eigenvalue weighted by atomic mass is 16.3. The standard InChI is InChI=1S/C22H21N5O2/c1-14(19-13-23-27(15(19)2)17-6-4-3-5-7-17)24-22(29)21-12-20(25-26-21)16-8-10-18(28)11-9-16/h3-14,28H,1-2H3,(H,24,29)(H,25,26)/t14-/m0/s1. The Morgan fingerprint density at radius 2 is 1.86 bits per heavy atom. The zero-order chi connectivity index (χ0) is 20.4. The number of phenols is 1. The molecule has 146 valence electrons. The molecule has 3 N–H and O–H groups in total. The Hall–Kier alpha value is -3.87. The number of hydrogen-bond donors (Lipinski definition) is 3. The van der Waals surface area contributed by atoms with Gasteiger partial charge in [-0.15, -0.1) is 0 Å². The summed E-state index contributed by atoms with van der Waals surface area (Å²) in [6.07, 6.45) is 1.78. The van der Waals surface area contributed by atoms with Gasteiger partial charge in [-0.3, -0.25) is 9.89 Å². The molecule has 0 aliphatic rings. The number of aromatic hydroxyl groups is 1. The summed E-state index contributed by atoms with van der Waals surface area (Å²) in [4.78, 5) is 12.7. The highest BCUT2D eigenvalue weighted by molar-refractivity contribution is 5.93. The highest BCUT2D eigenvalue weighted by Crippen LogP contribution is 2.22. The van der Waals surface area contributed by atoms with Gasteiger partial charge in [0.1, 0.15) is 11.4 Å². The Morgan fingerprint density at radius 1 is 1.14 bits per heavy atom. The molecule has 0 spiro atoms. The van der Waals surface area contributed by atoms with Crippen LogP contribution in [0.15, 0.2) is 66.9 Å². The van der Waals surface area contributed by atoms with Crippen LogP contribution in [0.4, 0.5) is 0 Å². The van der Waals surface area contributed by atoms with Crippen LogP contribution in [0.25, 0.3) is 16.9 Å². The lowest BCUT2D eigenvalue weighted by molar-refractivity contribution is 0.0934. The minimum atomic E-state index is -0.248. The van der Waals surface area contributed by atoms with E-state index in [1.54, 1.807) is 36.5 Å². The predicted molar refractivity (Wildman–Crippen MR) is 110 cm³/mol. The molecule has 4 aromatic rings. The van der Waals surface area contributed by atoms with Gasteiger partial charge < -0.3 is 10.4 Å². The normalized spacial score (nSPS) is 11.9. The van der Waals surface area contributed by atoms with Gasteiger partial charge in [0.15, 0.2) is 0 Å². The van der Waals surface area contributed by atoms with Crippen molar-refractivity contribution in [2.45, 2.75) is 19.9 Å². The van der Waals surface area contributed by atoms with E-state index < -0.39 is 0 Å². The van der Waals surface area contributed by atoms with E-state index in [9.17, 15) is 9.90 Å². The topological polar surface area (TPSA) is 95.8 Å². The van der Waals surface area contributed by atoms with Gasteiger partial charge in [-0.2, -0.15) is 10.2 Å². The maximum absolute atomic E-state index is 12.7. The molecule has 0 saturated carbocycles. The molecule has 2 aromatic heterocycles. The van der Waals surface area contributed by atoms with Crippen LogP contribution < -0.4 is 5.32 Å². The van der Waals surface area contributed by atoms with Crippen molar-refractivity contribution >= 4 is 5.91 Å². The average Bonchev–Trinajstić information content (AvgIpc) is 3.36. The maximum atomic E-state index is 12.7. The Balaban J connectivity index is 1.49. The molecule has 4 rings (SSSR count). The van der Waals surface area contributed by atoms with Crippen molar-refractivity contribution in [2.24, 2.45) is 0 Å². The number of amides is 1. The molecule has 2 heterocycles. The fourth-order valence-electron chi connectivity index (χ4n) is 3.25. The summed E-state index contributed by atoms with van der Waals surface area (Å²) < 4.78 is 1.86. The highest BCUT2D eigenvalue weighted by Gasteiger charge is 2.18. The van der Waals surface area contributed by atoms with Crippen LogP contribution in [0.5, 0.6) is 5.75 Å². The van der Waals surface area contributed by atoms with Gasteiger partial charge in [0.25, 0.3) is 5.91 Å². The van der Waals surface area contributed by atoms with Crippen LogP contribution in [-0.4, -0.2) is 31.0 Å². The summed E-state index contributed by atoms with van der Waals surface area (Å²) >= 11 is 0. The predicted octanol–water partition coefficient (Wildman–Crippen LogP) is 3.77. The van der Waals surface area contributed by atoms with Crippen molar-refractivity contribution in [3.8, 4) is 22.7 Å². The number of nitrogens with zero attached hydrogens (tertiary/aromatic N) is 3. The number of aromatic amines is 1. The molecule has 0 radical (unpaired) electrons. The number of H-pyrrole nitrogens is 1. The lowest BCUT2D eigenvalue weighted by Crippen LogP contribution is -2.27. The molecule has 0 unspecified atom stereocenters. The molecule has 7 heteroatoms. The number of benzene rings is 2. The van der Waals surface area contributed by atoms with Gasteiger partial charge in [0.2, 0.25) is 0 Å². The number of phenolic OH excluding ortho intramolecular Hbond substituents is 1. The van der Waals surface area contributed by atoms with E-state index in [-0.39, 0.29) is 17.7 Å². The average molecular weight is 387 g/mol. The number of hydrogen-bond acceptors (Lipinski definition) is 4. The fraction of sp³-hybridized carbons (Fsp3) is 0.136. The zero-order valence-electron chi connectivity index (χ0n) is 16.1. The fourth-order valence-corrected chi connectivity index (χ4v) is 3.25. The van der Waals surface area contributed by atoms with Crippen molar-refractivity contribution in [1.29, 1.82) is 0 Å². The smallest absolute Gasteiger partial charge is 0.269 e. The molecule has 7 nitrogen and oxygen atoms in total. The first kappa shape index (κ1) is 18.5. The third-order valence-corrected chi connectivity index (χ3v) is 4.85. The van der Waals surface area contributed by atoms with E-state index in [1.807, 2.05) is 48.9 Å². The number of carbonyl (C=O) groups excluding carboxylic acids is 1. The van der Waals surface area contributed by atoms with E-state index >= 15 is 0 Å². The van der Waals surface area contributed by atoms with Gasteiger partial charge >= 0.3 is 0 Å². The number of carbonyl (C=O) groups is 1. The number of rotatable bonds is 5. The van der Waals surface area contributed by atoms with E-state index in [2.05, 4.69) is 20.6 Å². The Kier molecular flexibility index (Phi) is 4.87. The Labute approximate surface area is 168 Å². The molecule has 1 amide bonds. The number of nitrogens with one attached hydrogen (secondary N) is 2. The van der Waals surface area contributed by atoms with Crippen LogP contribution in [0.3, 0.4) is 0 Å². The first-order chi connectivity index (χ1) is 14.0. The van der Waals surface area contributed by atoms with Crippen molar-refractivity contribution in [3.05, 3.63) is 83.8 Å². The van der Waals surface area contributed by atoms with Gasteiger partial charge in [-0.1, -0.05) is 18.2 Å². The summed E-state index contributed by atoms with van der Waals surface area (Å²) in [7, 11) is 0. The van der Waals surface area contributed by atoms with E-state index in [4.69, 9.17) is 0 Å². The summed E-state index contributed by atoms with van der Waals surface area (Å²) in [6, 6.07) is 18.0. The van der Waals surface area contributed by atoms with Crippen LogP contribution in [-0.2, 0) is 0 Å². The van der Waals surface area contributed by atoms with Crippen LogP contribution >= 0.6 is 0 Å². The lowest BCUT2D eigenvalue weighted by atomic mass is 10.1. The van der Waals surface area contributed by atoms with Crippen molar-refractivity contribution in [3.63, 3.8) is 0 Å². The van der Waals surface area contributed by atoms with E-state index in [0.29, 0.717) is 11.4 Å². The van der Waals surface area contributed by atoms with E-state index in [1.165, 1.54) is 0 Å². The van der Waals surface area contributed by atoms with Gasteiger partial charge in [-0.05, 0) is 56.3 Å². The molecule has 0 aliphatic carbocycles. The minimum Gasteiger partial charge on any atom is -0.508 e. The molecular weight excluding hydrogens is 366 g/mol. The molecule has 0 saturated heterocycles. The molecule has 0 aliphatic heterocycles. The monoisotopic (exact) mass is 387 g/mol. The zero-order valence-corrected chi connectivity index (χ0v) is 16.1. The van der Waals surface area contributed by atoms with Crippen molar-refractivity contribution in [2.75, 3.05) is 0 Å². The Bertz CT molecular complexity index is 1130. The lowest BCUT2D eigenvalue weighted by Gasteiger charge is -2.13. The summed E-state index contributed by atoms with van der Waals surface area (Å²) in [5.74, 6) is -0.0654. The van der Waals surface area contributed by atoms with Crippen LogP contribution in [0, 0.1) is 6.92 Å². The SMILES string of the molecule is Cc1c([C@H](C)NC(=O)c2cc(-c3ccc(O)cc3)n[nH]2)cnn1-c1ccccc1. The third kappa shape index (κ3) is 3.75. The van der Waals surface area contributed by atoms with E-state index in [0.717, 1.165) is 22.5 Å². The van der Waals surface area contributed by atoms with Gasteiger partial charge in [-0.25, -0.2) is 4.68 Å². The summed E-state index contributed by atoms with van der Waals surface area (Å²) in [5.41, 5.74) is 4.70. The molecular formula is C22H21N5O2. The minimum absolute atomic E-state index is 0.183. The summed E-state index contributed by atoms with van der Waals surface area (Å²) in [6.45, 7) is 3.91. The van der Waals surface area contributed by atoms with Crippen LogP contribution in [0.1, 0.15) is 34.7 Å². The largest absolute Gasteiger partial charge is 0.508 e. The second-order valence-electron chi connectivity index (χ2n) is 6.84. The second-order valence-corrected chi connectivity index (χ2v) is 6.84. The van der Waals surface area contributed by atoms with Crippen molar-refractivity contribution in [1.82, 2.24) is 25.3 Å². The molecule has 0 fully saturated rings. The molecule has 29 heavy (non-hydrogen) atoms. The van der Waals surface area contributed by atoms with Crippen LogP contribution in [0.2, 0.25) is 0 Å². The maximum Gasteiger partial charge on any atom is 0.269 e.